The molecule has 2 N–H and O–H groups in total. The number of quaternary nitrogens is 2. The van der Waals surface area contributed by atoms with Gasteiger partial charge < -0.3 is 18.9 Å². The van der Waals surface area contributed by atoms with Crippen LogP contribution in [0.15, 0.2) is 48.8 Å². The van der Waals surface area contributed by atoms with Crippen LogP contribution in [0.3, 0.4) is 0 Å². The first-order chi connectivity index (χ1) is 14.1. The van der Waals surface area contributed by atoms with Crippen LogP contribution in [0.1, 0.15) is 22.3 Å². The van der Waals surface area contributed by atoms with E-state index < -0.39 is 0 Å². The molecule has 4 rings (SSSR count). The van der Waals surface area contributed by atoms with Crippen LogP contribution in [0.5, 0.6) is 0 Å². The highest BCUT2D eigenvalue weighted by molar-refractivity contribution is 5.84. The summed E-state index contributed by atoms with van der Waals surface area (Å²) in [6, 6.07) is 13.8. The monoisotopic (exact) mass is 404 g/mol. The van der Waals surface area contributed by atoms with Gasteiger partial charge in [0, 0.05) is 45.3 Å². The van der Waals surface area contributed by atoms with Gasteiger partial charge in [-0.25, -0.2) is 0 Å². The van der Waals surface area contributed by atoms with E-state index in [0.717, 1.165) is 34.9 Å². The van der Waals surface area contributed by atoms with Gasteiger partial charge >= 0.3 is 0 Å². The molecule has 0 saturated carbocycles. The van der Waals surface area contributed by atoms with Gasteiger partial charge in [-0.3, -0.25) is 0 Å². The number of rotatable bonds is 7. The first-order valence-electron chi connectivity index (χ1n) is 10.9. The lowest BCUT2D eigenvalue weighted by Gasteiger charge is -2.23. The van der Waals surface area contributed by atoms with Gasteiger partial charge in [-0.1, -0.05) is 12.1 Å². The van der Waals surface area contributed by atoms with E-state index in [-0.39, 0.29) is 0 Å². The van der Waals surface area contributed by atoms with Crippen molar-refractivity contribution in [2.75, 3.05) is 42.3 Å². The lowest BCUT2D eigenvalue weighted by Crippen LogP contribution is -2.33. The van der Waals surface area contributed by atoms with Crippen LogP contribution in [0.2, 0.25) is 0 Å². The highest BCUT2D eigenvalue weighted by Crippen LogP contribution is 2.25. The Morgan fingerprint density at radius 2 is 1.00 bits per heavy atom. The van der Waals surface area contributed by atoms with Crippen LogP contribution in [0, 0.1) is 0 Å². The van der Waals surface area contributed by atoms with Gasteiger partial charge in [-0.2, -0.15) is 0 Å². The Morgan fingerprint density at radius 3 is 1.37 bits per heavy atom. The SMILES string of the molecule is C[N+](C)(C)Cc1c[nH]c2ccc(CCc3ccc4[nH]cc(C[N+](C)(C)C)c4c3)cc12. The number of nitrogens with one attached hydrogen (secondary N) is 2. The molecule has 0 bridgehead atoms. The Hall–Kier alpha value is -2.56. The molecule has 0 aliphatic heterocycles. The zero-order valence-corrected chi connectivity index (χ0v) is 19.3. The molecule has 0 radical (unpaired) electrons. The molecule has 0 atom stereocenters. The summed E-state index contributed by atoms with van der Waals surface area (Å²) in [5, 5.41) is 2.73. The van der Waals surface area contributed by atoms with E-state index in [1.54, 1.807) is 0 Å². The lowest BCUT2D eigenvalue weighted by atomic mass is 10.0. The number of hydrogen-bond acceptors (Lipinski definition) is 0. The van der Waals surface area contributed by atoms with Gasteiger partial charge in [0.25, 0.3) is 0 Å². The van der Waals surface area contributed by atoms with Gasteiger partial charge in [-0.05, 0) is 48.2 Å². The van der Waals surface area contributed by atoms with Gasteiger partial charge in [0.1, 0.15) is 13.1 Å². The van der Waals surface area contributed by atoms with Crippen molar-refractivity contribution in [3.8, 4) is 0 Å². The van der Waals surface area contributed by atoms with Crippen molar-refractivity contribution in [3.05, 3.63) is 71.0 Å². The van der Waals surface area contributed by atoms with Crippen molar-refractivity contribution in [3.63, 3.8) is 0 Å². The van der Waals surface area contributed by atoms with Crippen LogP contribution >= 0.6 is 0 Å². The fraction of sp³-hybridized carbons (Fsp3) is 0.385. The minimum absolute atomic E-state index is 0.934. The number of H-pyrrole nitrogens is 2. The average Bonchev–Trinajstić information content (AvgIpc) is 3.21. The third-order valence-electron chi connectivity index (χ3n) is 5.66. The number of aromatic nitrogens is 2. The second-order valence-corrected chi connectivity index (χ2v) is 10.8. The van der Waals surface area contributed by atoms with Crippen molar-refractivity contribution in [2.45, 2.75) is 25.9 Å². The van der Waals surface area contributed by atoms with Crippen LogP contribution in [0.25, 0.3) is 21.8 Å². The van der Waals surface area contributed by atoms with Crippen molar-refractivity contribution >= 4 is 21.8 Å². The summed E-state index contributed by atoms with van der Waals surface area (Å²) in [6.45, 7) is 2.06. The number of nitrogens with zero attached hydrogens (tertiary/aromatic N) is 2. The maximum Gasteiger partial charge on any atom is 0.106 e. The second-order valence-electron chi connectivity index (χ2n) is 10.8. The quantitative estimate of drug-likeness (QED) is 0.413. The summed E-state index contributed by atoms with van der Waals surface area (Å²) in [7, 11) is 13.5. The van der Waals surface area contributed by atoms with E-state index in [4.69, 9.17) is 0 Å². The van der Waals surface area contributed by atoms with Crippen LogP contribution in [-0.2, 0) is 25.9 Å². The first-order valence-corrected chi connectivity index (χ1v) is 10.9. The number of hydrogen-bond donors (Lipinski definition) is 2. The summed E-state index contributed by atoms with van der Waals surface area (Å²) in [6.07, 6.45) is 6.47. The molecular weight excluding hydrogens is 368 g/mol. The maximum absolute atomic E-state index is 3.44. The van der Waals surface area contributed by atoms with Gasteiger partial charge in [-0.15, -0.1) is 0 Å². The maximum atomic E-state index is 3.44. The van der Waals surface area contributed by atoms with Crippen molar-refractivity contribution in [1.82, 2.24) is 9.97 Å². The lowest BCUT2D eigenvalue weighted by molar-refractivity contribution is -0.883. The van der Waals surface area contributed by atoms with Crippen LogP contribution in [-0.4, -0.2) is 61.2 Å². The Balaban J connectivity index is 1.54. The normalized spacial score (nSPS) is 12.9. The molecule has 0 unspecified atom stereocenters. The largest absolute Gasteiger partial charge is 0.361 e. The Kier molecular flexibility index (Phi) is 5.25. The fourth-order valence-electron chi connectivity index (χ4n) is 4.33. The average molecular weight is 405 g/mol. The van der Waals surface area contributed by atoms with Gasteiger partial charge in [0.05, 0.1) is 42.3 Å². The molecule has 30 heavy (non-hydrogen) atoms. The smallest absolute Gasteiger partial charge is 0.106 e. The Bertz CT molecular complexity index is 1070. The molecule has 4 aromatic rings. The highest BCUT2D eigenvalue weighted by atomic mass is 15.3. The van der Waals surface area contributed by atoms with E-state index in [9.17, 15) is 0 Å². The zero-order valence-electron chi connectivity index (χ0n) is 19.3. The standard InChI is InChI=1S/C26H36N4/c1-29(2,3)17-21-15-27-25-11-9-19(13-23(21)25)7-8-20-10-12-26-24(14-20)22(16-28-26)18-30(4,5)6/h9-16,27-28H,7-8,17-18H2,1-6H3/q+2. The predicted molar refractivity (Wildman–Crippen MR) is 127 cm³/mol. The summed E-state index contributed by atoms with van der Waals surface area (Å²) in [5.41, 5.74) is 8.09. The van der Waals surface area contributed by atoms with Crippen LogP contribution < -0.4 is 0 Å². The molecule has 2 aromatic heterocycles. The molecule has 0 amide bonds. The number of aromatic amines is 2. The molecule has 158 valence electrons. The van der Waals surface area contributed by atoms with Crippen LogP contribution in [0.4, 0.5) is 0 Å². The molecule has 2 heterocycles. The molecule has 4 heteroatoms. The minimum Gasteiger partial charge on any atom is -0.361 e. The molecule has 0 aliphatic carbocycles. The third kappa shape index (κ3) is 4.77. The first kappa shape index (κ1) is 20.7. The zero-order chi connectivity index (χ0) is 21.5. The fourth-order valence-corrected chi connectivity index (χ4v) is 4.33. The number of aryl methyl sites for hydroxylation is 2. The summed E-state index contributed by atoms with van der Waals surface area (Å²) in [4.78, 5) is 6.88. The van der Waals surface area contributed by atoms with Gasteiger partial charge in [0.15, 0.2) is 0 Å². The molecule has 0 saturated heterocycles. The van der Waals surface area contributed by atoms with E-state index in [1.807, 2.05) is 0 Å². The van der Waals surface area contributed by atoms with E-state index in [2.05, 4.69) is 101 Å². The molecule has 2 aromatic carbocycles. The van der Waals surface area contributed by atoms with E-state index in [0.29, 0.717) is 0 Å². The Morgan fingerprint density at radius 1 is 0.600 bits per heavy atom. The minimum atomic E-state index is 0.934. The van der Waals surface area contributed by atoms with Crippen molar-refractivity contribution in [1.29, 1.82) is 0 Å². The topological polar surface area (TPSA) is 31.6 Å². The van der Waals surface area contributed by atoms with Crippen molar-refractivity contribution < 1.29 is 8.97 Å². The predicted octanol–water partition coefficient (Wildman–Crippen LogP) is 4.85. The van der Waals surface area contributed by atoms with E-state index in [1.165, 1.54) is 44.1 Å². The third-order valence-corrected chi connectivity index (χ3v) is 5.66. The molecular formula is C26H36N4+2. The Labute approximate surface area is 180 Å². The summed E-state index contributed by atoms with van der Waals surface area (Å²) >= 11 is 0. The molecule has 0 aliphatic rings. The second kappa shape index (κ2) is 7.60. The summed E-state index contributed by atoms with van der Waals surface area (Å²) < 4.78 is 1.87. The number of benzene rings is 2. The van der Waals surface area contributed by atoms with E-state index >= 15 is 0 Å². The number of fused-ring (bicyclic) bond motifs is 2. The highest BCUT2D eigenvalue weighted by Gasteiger charge is 2.15. The molecule has 0 spiro atoms. The summed E-state index contributed by atoms with van der Waals surface area (Å²) in [5.74, 6) is 0. The van der Waals surface area contributed by atoms with Gasteiger partial charge in [0.2, 0.25) is 0 Å². The molecule has 4 nitrogen and oxygen atoms in total. The molecule has 0 fully saturated rings. The van der Waals surface area contributed by atoms with Crippen molar-refractivity contribution in [2.24, 2.45) is 0 Å².